The van der Waals surface area contributed by atoms with E-state index in [2.05, 4.69) is 11.2 Å². The van der Waals surface area contributed by atoms with Crippen LogP contribution in [-0.2, 0) is 7.05 Å². The normalized spacial score (nSPS) is 14.3. The van der Waals surface area contributed by atoms with Crippen LogP contribution in [0, 0.1) is 21.4 Å². The molecule has 0 amide bonds. The van der Waals surface area contributed by atoms with E-state index < -0.39 is 0 Å². The first-order valence-corrected chi connectivity index (χ1v) is 6.82. The molecule has 0 saturated heterocycles. The smallest absolute Gasteiger partial charge is 0.334 e. The zero-order valence-electron chi connectivity index (χ0n) is 12.0. The van der Waals surface area contributed by atoms with Crippen LogP contribution < -0.4 is 4.90 Å². The van der Waals surface area contributed by atoms with E-state index in [0.717, 1.165) is 12.8 Å². The molecule has 1 aromatic heterocycles. The summed E-state index contributed by atoms with van der Waals surface area (Å²) >= 11 is 0. The number of nitrogens with zero attached hydrogens (tertiary/aromatic N) is 5. The van der Waals surface area contributed by atoms with Crippen LogP contribution in [0.3, 0.4) is 0 Å². The first-order valence-electron chi connectivity index (χ1n) is 6.82. The van der Waals surface area contributed by atoms with E-state index in [0.29, 0.717) is 30.5 Å². The third kappa shape index (κ3) is 2.59. The number of hydrogen-bond donors (Lipinski definition) is 0. The fraction of sp³-hybridized carbons (Fsp3) is 0.692. The maximum Gasteiger partial charge on any atom is 0.334 e. The van der Waals surface area contributed by atoms with Gasteiger partial charge in [0.25, 0.3) is 0 Å². The minimum atomic E-state index is -0.348. The molecule has 0 radical (unpaired) electrons. The van der Waals surface area contributed by atoms with Gasteiger partial charge in [-0.25, -0.2) is 4.68 Å². The van der Waals surface area contributed by atoms with Crippen LogP contribution in [0.1, 0.15) is 44.7 Å². The number of aryl methyl sites for hydroxylation is 1. The molecule has 1 aliphatic rings. The van der Waals surface area contributed by atoms with Gasteiger partial charge in [-0.15, -0.1) is 0 Å². The maximum atomic E-state index is 11.4. The molecule has 7 nitrogen and oxygen atoms in total. The van der Waals surface area contributed by atoms with Crippen LogP contribution in [0.25, 0.3) is 0 Å². The third-order valence-electron chi connectivity index (χ3n) is 3.47. The van der Waals surface area contributed by atoms with Gasteiger partial charge in [-0.2, -0.15) is 10.4 Å². The summed E-state index contributed by atoms with van der Waals surface area (Å²) in [4.78, 5) is 13.1. The highest BCUT2D eigenvalue weighted by Crippen LogP contribution is 2.40. The second-order valence-electron chi connectivity index (χ2n) is 5.43. The van der Waals surface area contributed by atoms with E-state index in [1.54, 1.807) is 11.7 Å². The van der Waals surface area contributed by atoms with Gasteiger partial charge in [0.05, 0.1) is 17.4 Å². The van der Waals surface area contributed by atoms with Gasteiger partial charge in [0.15, 0.2) is 0 Å². The number of anilines is 1. The van der Waals surface area contributed by atoms with Crippen LogP contribution >= 0.6 is 0 Å². The van der Waals surface area contributed by atoms with E-state index in [9.17, 15) is 10.1 Å². The Balaban J connectivity index is 2.47. The van der Waals surface area contributed by atoms with E-state index in [1.807, 2.05) is 18.7 Å². The summed E-state index contributed by atoms with van der Waals surface area (Å²) in [6.07, 6.45) is 2.39. The molecule has 1 aliphatic carbocycles. The molecule has 0 bridgehead atoms. The summed E-state index contributed by atoms with van der Waals surface area (Å²) in [5.41, 5.74) is 0.599. The molecule has 108 valence electrons. The van der Waals surface area contributed by atoms with Crippen LogP contribution in [0.4, 0.5) is 11.5 Å². The van der Waals surface area contributed by atoms with Gasteiger partial charge in [0.2, 0.25) is 5.82 Å². The predicted molar refractivity (Wildman–Crippen MR) is 74.5 cm³/mol. The maximum absolute atomic E-state index is 11.4. The van der Waals surface area contributed by atoms with E-state index >= 15 is 0 Å². The Labute approximate surface area is 117 Å². The van der Waals surface area contributed by atoms with Gasteiger partial charge in [-0.1, -0.05) is 13.8 Å². The fourth-order valence-corrected chi connectivity index (χ4v) is 2.43. The summed E-state index contributed by atoms with van der Waals surface area (Å²) in [5.74, 6) is 0.531. The van der Waals surface area contributed by atoms with Crippen LogP contribution in [-0.4, -0.2) is 27.3 Å². The van der Waals surface area contributed by atoms with Crippen molar-refractivity contribution in [3.05, 3.63) is 15.8 Å². The summed E-state index contributed by atoms with van der Waals surface area (Å²) in [7, 11) is 1.73. The highest BCUT2D eigenvalue weighted by atomic mass is 16.6. The SMILES string of the molecule is CC(C)c1nn(C)c(N(CCC#N)C2CC2)c1[N+](=O)[O-]. The lowest BCUT2D eigenvalue weighted by Crippen LogP contribution is -2.29. The van der Waals surface area contributed by atoms with Gasteiger partial charge in [-0.05, 0) is 12.8 Å². The molecule has 0 aromatic carbocycles. The number of nitriles is 1. The Morgan fingerprint density at radius 3 is 2.70 bits per heavy atom. The second-order valence-corrected chi connectivity index (χ2v) is 5.43. The molecule has 1 aromatic rings. The Kier molecular flexibility index (Phi) is 3.93. The number of nitro groups is 1. The van der Waals surface area contributed by atoms with Crippen molar-refractivity contribution >= 4 is 11.5 Å². The Morgan fingerprint density at radius 2 is 2.25 bits per heavy atom. The molecule has 0 spiro atoms. The van der Waals surface area contributed by atoms with E-state index in [4.69, 9.17) is 5.26 Å². The van der Waals surface area contributed by atoms with Crippen molar-refractivity contribution in [2.75, 3.05) is 11.4 Å². The first-order chi connectivity index (χ1) is 9.47. The second kappa shape index (κ2) is 5.49. The highest BCUT2D eigenvalue weighted by molar-refractivity contribution is 5.63. The lowest BCUT2D eigenvalue weighted by atomic mass is 10.1. The molecule has 1 saturated carbocycles. The van der Waals surface area contributed by atoms with Gasteiger partial charge in [0.1, 0.15) is 5.69 Å². The first kappa shape index (κ1) is 14.3. The van der Waals surface area contributed by atoms with Gasteiger partial charge < -0.3 is 4.90 Å². The van der Waals surface area contributed by atoms with Gasteiger partial charge in [-0.3, -0.25) is 10.1 Å². The van der Waals surface area contributed by atoms with E-state index in [1.165, 1.54) is 0 Å². The van der Waals surface area contributed by atoms with Gasteiger partial charge in [0, 0.05) is 25.6 Å². The molecular weight excluding hydrogens is 258 g/mol. The number of hydrogen-bond acceptors (Lipinski definition) is 5. The van der Waals surface area contributed by atoms with Crippen molar-refractivity contribution in [1.29, 1.82) is 5.26 Å². The number of rotatable bonds is 6. The molecule has 0 aliphatic heterocycles. The zero-order valence-corrected chi connectivity index (χ0v) is 12.0. The Hall–Kier alpha value is -2.10. The minimum Gasteiger partial charge on any atom is -0.347 e. The molecule has 0 N–H and O–H groups in total. The van der Waals surface area contributed by atoms with Crippen molar-refractivity contribution in [1.82, 2.24) is 9.78 Å². The molecule has 20 heavy (non-hydrogen) atoms. The van der Waals surface area contributed by atoms with Crippen LogP contribution in [0.2, 0.25) is 0 Å². The fourth-order valence-electron chi connectivity index (χ4n) is 2.43. The molecular formula is C13H19N5O2. The monoisotopic (exact) mass is 277 g/mol. The Morgan fingerprint density at radius 1 is 1.60 bits per heavy atom. The van der Waals surface area contributed by atoms with Crippen LogP contribution in [0.5, 0.6) is 0 Å². The van der Waals surface area contributed by atoms with Crippen molar-refractivity contribution in [2.45, 2.75) is 45.1 Å². The molecule has 7 heteroatoms. The summed E-state index contributed by atoms with van der Waals surface area (Å²) in [6, 6.07) is 2.41. The van der Waals surface area contributed by atoms with Crippen molar-refractivity contribution in [3.8, 4) is 6.07 Å². The zero-order chi connectivity index (χ0) is 14.9. The summed E-state index contributed by atoms with van der Waals surface area (Å²) < 4.78 is 1.59. The lowest BCUT2D eigenvalue weighted by Gasteiger charge is -2.22. The number of aromatic nitrogens is 2. The van der Waals surface area contributed by atoms with Gasteiger partial charge >= 0.3 is 5.69 Å². The largest absolute Gasteiger partial charge is 0.347 e. The quantitative estimate of drug-likeness (QED) is 0.588. The molecule has 2 rings (SSSR count). The van der Waals surface area contributed by atoms with Crippen molar-refractivity contribution in [2.24, 2.45) is 7.05 Å². The summed E-state index contributed by atoms with van der Waals surface area (Å²) in [6.45, 7) is 4.31. The van der Waals surface area contributed by atoms with E-state index in [-0.39, 0.29) is 16.5 Å². The molecule has 1 fully saturated rings. The lowest BCUT2D eigenvalue weighted by molar-refractivity contribution is -0.385. The third-order valence-corrected chi connectivity index (χ3v) is 3.47. The predicted octanol–water partition coefficient (Wildman–Crippen LogP) is 2.33. The average Bonchev–Trinajstić information content (AvgIpc) is 3.14. The average molecular weight is 277 g/mol. The molecule has 0 atom stereocenters. The molecule has 0 unspecified atom stereocenters. The Bertz CT molecular complexity index is 554. The highest BCUT2D eigenvalue weighted by Gasteiger charge is 2.38. The van der Waals surface area contributed by atoms with Crippen molar-refractivity contribution in [3.63, 3.8) is 0 Å². The standard InChI is InChI=1S/C13H19N5O2/c1-9(2)11-12(18(19)20)13(16(3)15-11)17(8-4-7-14)10-5-6-10/h9-10H,4-6,8H2,1-3H3. The van der Waals surface area contributed by atoms with Crippen molar-refractivity contribution < 1.29 is 4.92 Å². The topological polar surface area (TPSA) is 88.0 Å². The van der Waals surface area contributed by atoms with Crippen LogP contribution in [0.15, 0.2) is 0 Å². The minimum absolute atomic E-state index is 0.00706. The molecule has 1 heterocycles. The summed E-state index contributed by atoms with van der Waals surface area (Å²) in [5, 5.41) is 24.5.